The normalized spacial score (nSPS) is 13.4. The van der Waals surface area contributed by atoms with Crippen LogP contribution in [0.4, 0.5) is 17.1 Å². The van der Waals surface area contributed by atoms with Crippen molar-refractivity contribution in [3.8, 4) is 5.75 Å². The van der Waals surface area contributed by atoms with E-state index in [0.29, 0.717) is 23.7 Å². The molecule has 36 heavy (non-hydrogen) atoms. The minimum Gasteiger partial charge on any atom is -0.494 e. The van der Waals surface area contributed by atoms with Crippen molar-refractivity contribution in [2.45, 2.75) is 29.6 Å². The molecule has 0 spiro atoms. The number of anilines is 3. The molecule has 3 aromatic carbocycles. The van der Waals surface area contributed by atoms with Crippen LogP contribution in [0, 0.1) is 0 Å². The summed E-state index contributed by atoms with van der Waals surface area (Å²) in [7, 11) is -3.99. The van der Waals surface area contributed by atoms with Crippen LogP contribution in [0.15, 0.2) is 82.6 Å². The summed E-state index contributed by atoms with van der Waals surface area (Å²) in [5.41, 5.74) is 2.13. The molecule has 3 aromatic rings. The van der Waals surface area contributed by atoms with E-state index in [4.69, 9.17) is 4.74 Å². The topological polar surface area (TPSA) is 79.0 Å². The van der Waals surface area contributed by atoms with Gasteiger partial charge in [0.05, 0.1) is 17.2 Å². The van der Waals surface area contributed by atoms with E-state index in [0.717, 1.165) is 28.0 Å². The van der Waals surface area contributed by atoms with Gasteiger partial charge in [0.2, 0.25) is 5.91 Å². The van der Waals surface area contributed by atoms with Gasteiger partial charge in [-0.15, -0.1) is 11.8 Å². The number of ether oxygens (including phenoxy) is 1. The lowest BCUT2D eigenvalue weighted by Gasteiger charge is -2.24. The van der Waals surface area contributed by atoms with E-state index >= 15 is 0 Å². The molecule has 1 N–H and O–H groups in total. The number of carbonyl (C=O) groups is 1. The van der Waals surface area contributed by atoms with Gasteiger partial charge in [0.1, 0.15) is 12.3 Å². The van der Waals surface area contributed by atoms with Crippen molar-refractivity contribution in [1.82, 2.24) is 0 Å². The molecule has 9 heteroatoms. The van der Waals surface area contributed by atoms with Gasteiger partial charge in [-0.25, -0.2) is 8.42 Å². The zero-order chi connectivity index (χ0) is 25.5. The van der Waals surface area contributed by atoms with Crippen LogP contribution in [-0.4, -0.2) is 46.8 Å². The molecule has 0 aromatic heterocycles. The fourth-order valence-electron chi connectivity index (χ4n) is 4.13. The molecule has 0 bridgehead atoms. The van der Waals surface area contributed by atoms with E-state index in [-0.39, 0.29) is 11.4 Å². The van der Waals surface area contributed by atoms with Gasteiger partial charge in [0.15, 0.2) is 0 Å². The van der Waals surface area contributed by atoms with Crippen molar-refractivity contribution in [3.63, 3.8) is 0 Å². The van der Waals surface area contributed by atoms with Crippen molar-refractivity contribution >= 4 is 44.8 Å². The molecule has 1 aliphatic rings. The van der Waals surface area contributed by atoms with Crippen LogP contribution in [0.5, 0.6) is 5.75 Å². The Morgan fingerprint density at radius 3 is 2.19 bits per heavy atom. The summed E-state index contributed by atoms with van der Waals surface area (Å²) < 4.78 is 33.9. The minimum atomic E-state index is -3.99. The average molecular weight is 526 g/mol. The lowest BCUT2D eigenvalue weighted by Crippen LogP contribution is -2.38. The van der Waals surface area contributed by atoms with E-state index in [2.05, 4.69) is 10.2 Å². The zero-order valence-corrected chi connectivity index (χ0v) is 22.1. The van der Waals surface area contributed by atoms with Crippen LogP contribution < -0.4 is 19.3 Å². The third kappa shape index (κ3) is 6.14. The Morgan fingerprint density at radius 1 is 0.972 bits per heavy atom. The van der Waals surface area contributed by atoms with Gasteiger partial charge in [-0.3, -0.25) is 9.10 Å². The largest absolute Gasteiger partial charge is 0.494 e. The molecule has 0 atom stereocenters. The van der Waals surface area contributed by atoms with E-state index < -0.39 is 15.9 Å². The van der Waals surface area contributed by atoms with Crippen molar-refractivity contribution in [1.29, 1.82) is 0 Å². The molecular weight excluding hydrogens is 494 g/mol. The number of amides is 1. The second-order valence-corrected chi connectivity index (χ2v) is 11.1. The first-order valence-electron chi connectivity index (χ1n) is 11.9. The number of hydrogen-bond acceptors (Lipinski definition) is 6. The Labute approximate surface area is 217 Å². The first-order chi connectivity index (χ1) is 17.4. The second kappa shape index (κ2) is 11.7. The van der Waals surface area contributed by atoms with E-state index in [1.165, 1.54) is 24.6 Å². The molecule has 0 aliphatic carbocycles. The van der Waals surface area contributed by atoms with Gasteiger partial charge < -0.3 is 15.0 Å². The van der Waals surface area contributed by atoms with Crippen molar-refractivity contribution in [2.75, 3.05) is 47.0 Å². The van der Waals surface area contributed by atoms with Gasteiger partial charge in [0.25, 0.3) is 10.0 Å². The van der Waals surface area contributed by atoms with Crippen LogP contribution in [0.3, 0.4) is 0 Å². The molecule has 1 aliphatic heterocycles. The van der Waals surface area contributed by atoms with Gasteiger partial charge in [-0.1, -0.05) is 0 Å². The van der Waals surface area contributed by atoms with E-state index in [1.54, 1.807) is 48.5 Å². The molecule has 1 fully saturated rings. The quantitative estimate of drug-likeness (QED) is 0.365. The summed E-state index contributed by atoms with van der Waals surface area (Å²) >= 11 is 1.53. The second-order valence-electron chi connectivity index (χ2n) is 8.40. The highest BCUT2D eigenvalue weighted by Crippen LogP contribution is 2.28. The Hall–Kier alpha value is -3.17. The maximum absolute atomic E-state index is 13.6. The van der Waals surface area contributed by atoms with Crippen LogP contribution in [0.1, 0.15) is 19.8 Å². The summed E-state index contributed by atoms with van der Waals surface area (Å²) in [5.74, 6) is 0.201. The summed E-state index contributed by atoms with van der Waals surface area (Å²) in [4.78, 5) is 16.4. The third-order valence-corrected chi connectivity index (χ3v) is 8.52. The number of hydrogen-bond donors (Lipinski definition) is 1. The molecule has 190 valence electrons. The number of nitrogens with zero attached hydrogens (tertiary/aromatic N) is 2. The molecule has 1 saturated heterocycles. The minimum absolute atomic E-state index is 0.122. The van der Waals surface area contributed by atoms with Gasteiger partial charge >= 0.3 is 0 Å². The Kier molecular flexibility index (Phi) is 8.43. The van der Waals surface area contributed by atoms with Crippen molar-refractivity contribution in [3.05, 3.63) is 72.8 Å². The van der Waals surface area contributed by atoms with E-state index in [9.17, 15) is 13.2 Å². The SMILES string of the molecule is CCOc1ccc(N(CC(=O)Nc2ccc(N3CCCC3)cc2)S(=O)(=O)c2ccc(SC)cc2)cc1. The third-order valence-electron chi connectivity index (χ3n) is 5.99. The molecular formula is C27H31N3O4S2. The first-order valence-corrected chi connectivity index (χ1v) is 14.6. The van der Waals surface area contributed by atoms with Crippen LogP contribution in [0.25, 0.3) is 0 Å². The fraction of sp³-hybridized carbons (Fsp3) is 0.296. The molecule has 1 amide bonds. The number of sulfonamides is 1. The number of carbonyl (C=O) groups excluding carboxylic acids is 1. The van der Waals surface area contributed by atoms with E-state index in [1.807, 2.05) is 37.4 Å². The maximum Gasteiger partial charge on any atom is 0.264 e. The molecule has 7 nitrogen and oxygen atoms in total. The van der Waals surface area contributed by atoms with Gasteiger partial charge in [-0.2, -0.15) is 0 Å². The van der Waals surface area contributed by atoms with Gasteiger partial charge in [0, 0.05) is 29.4 Å². The highest BCUT2D eigenvalue weighted by atomic mass is 32.2. The summed E-state index contributed by atoms with van der Waals surface area (Å²) in [5, 5.41) is 2.84. The number of nitrogens with one attached hydrogen (secondary N) is 1. The van der Waals surface area contributed by atoms with Crippen LogP contribution in [-0.2, 0) is 14.8 Å². The fourth-order valence-corrected chi connectivity index (χ4v) is 5.96. The smallest absolute Gasteiger partial charge is 0.264 e. The summed E-state index contributed by atoms with van der Waals surface area (Å²) in [6.07, 6.45) is 4.31. The monoisotopic (exact) mass is 525 g/mol. The Balaban J connectivity index is 1.56. The molecule has 0 radical (unpaired) electrons. The standard InChI is InChI=1S/C27H31N3O4S2/c1-3-34-24-12-10-23(11-13-24)30(36(32,33)26-16-14-25(35-2)15-17-26)20-27(31)28-21-6-8-22(9-7-21)29-18-4-5-19-29/h6-17H,3-5,18-20H2,1-2H3,(H,28,31). The highest BCUT2D eigenvalue weighted by molar-refractivity contribution is 7.98. The molecule has 0 saturated carbocycles. The molecule has 1 heterocycles. The average Bonchev–Trinajstić information content (AvgIpc) is 3.44. The van der Waals surface area contributed by atoms with Crippen molar-refractivity contribution < 1.29 is 17.9 Å². The number of benzene rings is 3. The lowest BCUT2D eigenvalue weighted by atomic mass is 10.2. The van der Waals surface area contributed by atoms with Crippen LogP contribution in [0.2, 0.25) is 0 Å². The first kappa shape index (κ1) is 25.9. The zero-order valence-electron chi connectivity index (χ0n) is 20.5. The van der Waals surface area contributed by atoms with Crippen molar-refractivity contribution in [2.24, 2.45) is 0 Å². The lowest BCUT2D eigenvalue weighted by molar-refractivity contribution is -0.114. The molecule has 4 rings (SSSR count). The molecule has 0 unspecified atom stereocenters. The maximum atomic E-state index is 13.6. The summed E-state index contributed by atoms with van der Waals surface area (Å²) in [6.45, 7) is 4.10. The van der Waals surface area contributed by atoms with Gasteiger partial charge in [-0.05, 0) is 98.8 Å². The van der Waals surface area contributed by atoms with Crippen LogP contribution >= 0.6 is 11.8 Å². The highest BCUT2D eigenvalue weighted by Gasteiger charge is 2.27. The Bertz CT molecular complexity index is 1260. The Morgan fingerprint density at radius 2 is 1.61 bits per heavy atom. The summed E-state index contributed by atoms with van der Waals surface area (Å²) in [6, 6.07) is 21.0. The predicted molar refractivity (Wildman–Crippen MR) is 147 cm³/mol. The predicted octanol–water partition coefficient (Wildman–Crippen LogP) is 5.24. The number of rotatable bonds is 10. The number of thioether (sulfide) groups is 1.